The molecule has 1 heterocycles. The molecule has 6 nitrogen and oxygen atoms in total. The van der Waals surface area contributed by atoms with Crippen LogP contribution in [0.1, 0.15) is 34.3 Å². The molecule has 1 aliphatic heterocycles. The molecule has 27 heavy (non-hydrogen) atoms. The van der Waals surface area contributed by atoms with E-state index in [9.17, 15) is 9.59 Å². The number of carbonyl (C=O) groups is 2. The van der Waals surface area contributed by atoms with Crippen LogP contribution in [-0.2, 0) is 16.1 Å². The largest absolute Gasteiger partial charge is 0.462 e. The Morgan fingerprint density at radius 2 is 1.96 bits per heavy atom. The maximum absolute atomic E-state index is 12.3. The van der Waals surface area contributed by atoms with Gasteiger partial charge in [-0.15, -0.1) is 0 Å². The fourth-order valence-electron chi connectivity index (χ4n) is 2.99. The summed E-state index contributed by atoms with van der Waals surface area (Å²) in [5.41, 5.74) is 3.85. The molecule has 0 aromatic heterocycles. The lowest BCUT2D eigenvalue weighted by Gasteiger charge is -2.09. The number of hydrogen-bond donors (Lipinski definition) is 1. The van der Waals surface area contributed by atoms with Gasteiger partial charge in [-0.05, 0) is 56.4 Å². The van der Waals surface area contributed by atoms with Crippen molar-refractivity contribution in [3.8, 4) is 0 Å². The summed E-state index contributed by atoms with van der Waals surface area (Å²) in [7, 11) is 4.05. The van der Waals surface area contributed by atoms with Crippen LogP contribution in [0.5, 0.6) is 0 Å². The number of esters is 1. The second-order valence-corrected chi connectivity index (χ2v) is 6.67. The van der Waals surface area contributed by atoms with Crippen LogP contribution < -0.4 is 5.32 Å². The Balaban J connectivity index is 1.76. The smallest absolute Gasteiger partial charge is 0.338 e. The monoisotopic (exact) mass is 365 g/mol. The number of nitrogens with one attached hydrogen (secondary N) is 1. The molecule has 1 atom stereocenters. The van der Waals surface area contributed by atoms with Crippen molar-refractivity contribution in [2.45, 2.75) is 19.4 Å². The first-order valence-electron chi connectivity index (χ1n) is 8.87. The first kappa shape index (κ1) is 18.8. The number of hydrogen-bond acceptors (Lipinski definition) is 5. The highest BCUT2D eigenvalue weighted by atomic mass is 16.5. The molecule has 6 heteroatoms. The van der Waals surface area contributed by atoms with Gasteiger partial charge in [0, 0.05) is 18.4 Å². The number of anilines is 1. The zero-order valence-electron chi connectivity index (χ0n) is 15.7. The molecule has 0 spiro atoms. The molecule has 2 aromatic rings. The van der Waals surface area contributed by atoms with Crippen LogP contribution in [0, 0.1) is 0 Å². The Hall–Kier alpha value is -2.99. The van der Waals surface area contributed by atoms with E-state index in [1.807, 2.05) is 38.4 Å². The molecule has 1 N–H and O–H groups in total. The Morgan fingerprint density at radius 3 is 2.63 bits per heavy atom. The van der Waals surface area contributed by atoms with Crippen molar-refractivity contribution in [3.63, 3.8) is 0 Å². The normalized spacial score (nSPS) is 15.9. The Bertz CT molecular complexity index is 873. The zero-order chi connectivity index (χ0) is 19.4. The van der Waals surface area contributed by atoms with Gasteiger partial charge in [-0.25, -0.2) is 4.79 Å². The highest BCUT2D eigenvalue weighted by Gasteiger charge is 2.29. The highest BCUT2D eigenvalue weighted by molar-refractivity contribution is 6.13. The van der Waals surface area contributed by atoms with Gasteiger partial charge in [0.15, 0.2) is 0 Å². The van der Waals surface area contributed by atoms with E-state index in [4.69, 9.17) is 4.74 Å². The van der Waals surface area contributed by atoms with E-state index >= 15 is 0 Å². The topological polar surface area (TPSA) is 71.0 Å². The number of amides is 1. The van der Waals surface area contributed by atoms with Gasteiger partial charge in [0.2, 0.25) is 5.91 Å². The minimum absolute atomic E-state index is 0.154. The number of rotatable bonds is 6. The zero-order valence-corrected chi connectivity index (χ0v) is 15.7. The molecule has 0 radical (unpaired) electrons. The highest BCUT2D eigenvalue weighted by Crippen LogP contribution is 2.33. The Kier molecular flexibility index (Phi) is 5.66. The van der Waals surface area contributed by atoms with Gasteiger partial charge in [-0.2, -0.15) is 0 Å². The first-order chi connectivity index (χ1) is 13.0. The molecule has 0 fully saturated rings. The summed E-state index contributed by atoms with van der Waals surface area (Å²) in [5, 5.41) is 2.81. The number of benzene rings is 2. The van der Waals surface area contributed by atoms with E-state index in [0.717, 1.165) is 17.8 Å². The first-order valence-corrected chi connectivity index (χ1v) is 8.87. The van der Waals surface area contributed by atoms with E-state index in [-0.39, 0.29) is 5.91 Å². The lowest BCUT2D eigenvalue weighted by Crippen LogP contribution is -2.12. The molecule has 0 saturated carbocycles. The second-order valence-electron chi connectivity index (χ2n) is 6.67. The maximum Gasteiger partial charge on any atom is 0.338 e. The number of aliphatic imine (C=N–C) groups is 1. The van der Waals surface area contributed by atoms with Crippen molar-refractivity contribution in [1.29, 1.82) is 0 Å². The van der Waals surface area contributed by atoms with E-state index in [0.29, 0.717) is 17.9 Å². The standard InChI is InChI=1S/C21H23N3O3/c1-4-27-21(26)15-7-10-17-18(20(25)23-19(17)11-15)12-22-16-8-5-14(6-9-16)13-24(2)3/h5-12,18H,4,13H2,1-3H3,(H,23,25). The van der Waals surface area contributed by atoms with Gasteiger partial charge in [0.05, 0.1) is 17.9 Å². The van der Waals surface area contributed by atoms with E-state index in [1.165, 1.54) is 5.56 Å². The van der Waals surface area contributed by atoms with Gasteiger partial charge in [0.25, 0.3) is 0 Å². The molecular formula is C21H23N3O3. The molecule has 2 aromatic carbocycles. The summed E-state index contributed by atoms with van der Waals surface area (Å²) in [4.78, 5) is 30.7. The summed E-state index contributed by atoms with van der Waals surface area (Å²) >= 11 is 0. The fourth-order valence-corrected chi connectivity index (χ4v) is 2.99. The maximum atomic E-state index is 12.3. The number of ether oxygens (including phenoxy) is 1. The SMILES string of the molecule is CCOC(=O)c1ccc2c(c1)NC(=O)C2C=Nc1ccc(CN(C)C)cc1. The molecular weight excluding hydrogens is 342 g/mol. The molecule has 1 unspecified atom stereocenters. The van der Waals surface area contributed by atoms with Gasteiger partial charge in [0.1, 0.15) is 5.92 Å². The number of fused-ring (bicyclic) bond motifs is 1. The second kappa shape index (κ2) is 8.14. The lowest BCUT2D eigenvalue weighted by molar-refractivity contribution is -0.115. The summed E-state index contributed by atoms with van der Waals surface area (Å²) < 4.78 is 5.00. The summed E-state index contributed by atoms with van der Waals surface area (Å²) in [6.07, 6.45) is 1.64. The van der Waals surface area contributed by atoms with Crippen LogP contribution >= 0.6 is 0 Å². The number of carbonyl (C=O) groups excluding carboxylic acids is 2. The third-order valence-corrected chi connectivity index (χ3v) is 4.25. The summed E-state index contributed by atoms with van der Waals surface area (Å²) in [5.74, 6) is -1.03. The van der Waals surface area contributed by atoms with Crippen molar-refractivity contribution < 1.29 is 14.3 Å². The lowest BCUT2D eigenvalue weighted by atomic mass is 10.0. The Labute approximate surface area is 158 Å². The van der Waals surface area contributed by atoms with Gasteiger partial charge >= 0.3 is 5.97 Å². The molecule has 0 bridgehead atoms. The van der Waals surface area contributed by atoms with E-state index < -0.39 is 11.9 Å². The quantitative estimate of drug-likeness (QED) is 0.629. The molecule has 1 aliphatic rings. The van der Waals surface area contributed by atoms with Crippen LogP contribution in [0.25, 0.3) is 0 Å². The molecule has 3 rings (SSSR count). The van der Waals surface area contributed by atoms with Crippen molar-refractivity contribution in [2.75, 3.05) is 26.0 Å². The fraction of sp³-hybridized carbons (Fsp3) is 0.286. The van der Waals surface area contributed by atoms with E-state index in [2.05, 4.69) is 15.2 Å². The average Bonchev–Trinajstić information content (AvgIpc) is 2.95. The van der Waals surface area contributed by atoms with Gasteiger partial charge in [-0.3, -0.25) is 9.79 Å². The van der Waals surface area contributed by atoms with Crippen molar-refractivity contribution in [3.05, 3.63) is 59.2 Å². The third kappa shape index (κ3) is 4.41. The number of nitrogens with zero attached hydrogens (tertiary/aromatic N) is 2. The van der Waals surface area contributed by atoms with Crippen LogP contribution in [-0.4, -0.2) is 43.7 Å². The van der Waals surface area contributed by atoms with Crippen LogP contribution in [0.2, 0.25) is 0 Å². The summed E-state index contributed by atoms with van der Waals surface area (Å²) in [6.45, 7) is 2.93. The molecule has 0 saturated heterocycles. The molecule has 140 valence electrons. The van der Waals surface area contributed by atoms with E-state index in [1.54, 1.807) is 31.3 Å². The minimum Gasteiger partial charge on any atom is -0.462 e. The van der Waals surface area contributed by atoms with Crippen LogP contribution in [0.15, 0.2) is 47.5 Å². The van der Waals surface area contributed by atoms with Gasteiger partial charge in [-0.1, -0.05) is 18.2 Å². The average molecular weight is 365 g/mol. The van der Waals surface area contributed by atoms with Crippen LogP contribution in [0.4, 0.5) is 11.4 Å². The molecule has 1 amide bonds. The van der Waals surface area contributed by atoms with Crippen LogP contribution in [0.3, 0.4) is 0 Å². The molecule has 0 aliphatic carbocycles. The van der Waals surface area contributed by atoms with Crippen molar-refractivity contribution in [2.24, 2.45) is 4.99 Å². The predicted octanol–water partition coefficient (Wildman–Crippen LogP) is 3.36. The third-order valence-electron chi connectivity index (χ3n) is 4.25. The van der Waals surface area contributed by atoms with Crippen molar-refractivity contribution in [1.82, 2.24) is 4.90 Å². The Morgan fingerprint density at radius 1 is 1.22 bits per heavy atom. The predicted molar refractivity (Wildman–Crippen MR) is 106 cm³/mol. The minimum atomic E-state index is -0.474. The van der Waals surface area contributed by atoms with Gasteiger partial charge < -0.3 is 15.0 Å². The van der Waals surface area contributed by atoms with Crippen molar-refractivity contribution >= 4 is 29.5 Å². The summed E-state index contributed by atoms with van der Waals surface area (Å²) in [6, 6.07) is 13.0.